The largest absolute Gasteiger partial charge is 0.414 e. The van der Waals surface area contributed by atoms with Crippen LogP contribution in [-0.2, 0) is 0 Å². The van der Waals surface area contributed by atoms with E-state index in [1.807, 2.05) is 13.8 Å². The first kappa shape index (κ1) is 13.5. The fourth-order valence-electron chi connectivity index (χ4n) is 1.72. The number of rotatable bonds is 2. The lowest BCUT2D eigenvalue weighted by Crippen LogP contribution is -1.75. The molecule has 0 N–H and O–H groups in total. The molecule has 0 aliphatic heterocycles. The van der Waals surface area contributed by atoms with Crippen molar-refractivity contribution in [3.63, 3.8) is 0 Å². The third-order valence-corrected chi connectivity index (χ3v) is 6.05. The van der Waals surface area contributed by atoms with Gasteiger partial charge in [-0.2, -0.15) is 0 Å². The van der Waals surface area contributed by atoms with Crippen LogP contribution in [0.2, 0.25) is 0 Å². The number of halogens is 2. The van der Waals surface area contributed by atoms with Gasteiger partial charge in [-0.25, -0.2) is 0 Å². The van der Waals surface area contributed by atoms with Gasteiger partial charge in [0, 0.05) is 0 Å². The van der Waals surface area contributed by atoms with Gasteiger partial charge < -0.3 is 4.42 Å². The molecule has 0 spiro atoms. The lowest BCUT2D eigenvalue weighted by atomic mass is 10.3. The van der Waals surface area contributed by atoms with Crippen molar-refractivity contribution in [1.29, 1.82) is 0 Å². The summed E-state index contributed by atoms with van der Waals surface area (Å²) < 4.78 is 7.93. The molecule has 0 saturated heterocycles. The van der Waals surface area contributed by atoms with Gasteiger partial charge in [-0.15, -0.1) is 32.9 Å². The van der Waals surface area contributed by atoms with Crippen LogP contribution in [0.4, 0.5) is 0 Å². The summed E-state index contributed by atoms with van der Waals surface area (Å²) >= 11 is 10.1. The predicted octanol–water partition coefficient (Wildman–Crippen LogP) is 5.67. The monoisotopic (exact) mass is 418 g/mol. The minimum atomic E-state index is 0.576. The maximum Gasteiger partial charge on any atom is 0.258 e. The Hall–Kier alpha value is -0.500. The fraction of sp³-hybridized carbons (Fsp3) is 0.167. The normalized spacial score (nSPS) is 11.2. The molecule has 3 aromatic heterocycles. The van der Waals surface area contributed by atoms with Crippen molar-refractivity contribution in [2.75, 3.05) is 0 Å². The number of hydrogen-bond acceptors (Lipinski definition) is 5. The predicted molar refractivity (Wildman–Crippen MR) is 85.8 cm³/mol. The second-order valence-corrected chi connectivity index (χ2v) is 8.90. The van der Waals surface area contributed by atoms with Gasteiger partial charge in [0.05, 0.1) is 17.3 Å². The molecule has 0 unspecified atom stereocenters. The standard InChI is InChI=1S/C12H8Br2N2OS2/c1-5-3-7(13)18-9(5)11-15-16-12(17-11)10-6(2)4-8(14)19-10/h3-4H,1-2H3. The zero-order chi connectivity index (χ0) is 13.6. The van der Waals surface area contributed by atoms with Gasteiger partial charge in [0.25, 0.3) is 11.8 Å². The van der Waals surface area contributed by atoms with Crippen LogP contribution in [0.1, 0.15) is 11.1 Å². The van der Waals surface area contributed by atoms with Gasteiger partial charge in [-0.05, 0) is 69.0 Å². The SMILES string of the molecule is Cc1cc(Br)sc1-c1nnc(-c2sc(Br)cc2C)o1. The Morgan fingerprint density at radius 3 is 1.63 bits per heavy atom. The Kier molecular flexibility index (Phi) is 3.63. The molecule has 3 nitrogen and oxygen atoms in total. The highest BCUT2D eigenvalue weighted by Gasteiger charge is 2.17. The van der Waals surface area contributed by atoms with E-state index in [1.54, 1.807) is 22.7 Å². The van der Waals surface area contributed by atoms with Crippen molar-refractivity contribution >= 4 is 54.5 Å². The van der Waals surface area contributed by atoms with Crippen LogP contribution in [0.25, 0.3) is 21.5 Å². The van der Waals surface area contributed by atoms with Gasteiger partial charge >= 0.3 is 0 Å². The van der Waals surface area contributed by atoms with Gasteiger partial charge in [0.1, 0.15) is 0 Å². The Morgan fingerprint density at radius 1 is 0.895 bits per heavy atom. The summed E-state index contributed by atoms with van der Waals surface area (Å²) in [5.41, 5.74) is 2.27. The molecule has 0 aliphatic rings. The van der Waals surface area contributed by atoms with Crippen LogP contribution < -0.4 is 0 Å². The summed E-state index contributed by atoms with van der Waals surface area (Å²) in [4.78, 5) is 2.03. The van der Waals surface area contributed by atoms with Crippen molar-refractivity contribution in [2.45, 2.75) is 13.8 Å². The highest BCUT2D eigenvalue weighted by molar-refractivity contribution is 9.11. The van der Waals surface area contributed by atoms with Crippen molar-refractivity contribution in [3.8, 4) is 21.5 Å². The molecule has 19 heavy (non-hydrogen) atoms. The highest BCUT2D eigenvalue weighted by atomic mass is 79.9. The Bertz CT molecular complexity index is 684. The average molecular weight is 420 g/mol. The van der Waals surface area contributed by atoms with Crippen LogP contribution >= 0.6 is 54.5 Å². The second kappa shape index (κ2) is 5.12. The molecule has 0 amide bonds. The molecule has 0 bridgehead atoms. The van der Waals surface area contributed by atoms with Crippen LogP contribution in [0.3, 0.4) is 0 Å². The van der Waals surface area contributed by atoms with E-state index in [4.69, 9.17) is 4.42 Å². The van der Waals surface area contributed by atoms with Crippen LogP contribution in [0.5, 0.6) is 0 Å². The number of aromatic nitrogens is 2. The molecule has 0 radical (unpaired) electrons. The Balaban J connectivity index is 2.04. The van der Waals surface area contributed by atoms with Crippen molar-refractivity contribution < 1.29 is 4.42 Å². The quantitative estimate of drug-likeness (QED) is 0.537. The lowest BCUT2D eigenvalue weighted by Gasteiger charge is -1.92. The van der Waals surface area contributed by atoms with E-state index in [1.165, 1.54) is 0 Å². The number of aryl methyl sites for hydroxylation is 2. The molecule has 3 heterocycles. The topological polar surface area (TPSA) is 38.9 Å². The van der Waals surface area contributed by atoms with Crippen LogP contribution in [-0.4, -0.2) is 10.2 Å². The zero-order valence-corrected chi connectivity index (χ0v) is 14.8. The first-order valence-corrected chi connectivity index (χ1v) is 8.62. The summed E-state index contributed by atoms with van der Waals surface area (Å²) in [7, 11) is 0. The van der Waals surface area contributed by atoms with Crippen molar-refractivity contribution in [1.82, 2.24) is 10.2 Å². The minimum Gasteiger partial charge on any atom is -0.414 e. The van der Waals surface area contributed by atoms with E-state index in [0.29, 0.717) is 11.8 Å². The smallest absolute Gasteiger partial charge is 0.258 e. The summed E-state index contributed by atoms with van der Waals surface area (Å²) in [5.74, 6) is 1.15. The minimum absolute atomic E-state index is 0.576. The molecule has 3 aromatic rings. The van der Waals surface area contributed by atoms with E-state index < -0.39 is 0 Å². The Labute approximate surface area is 134 Å². The first-order chi connectivity index (χ1) is 9.04. The van der Waals surface area contributed by atoms with Crippen LogP contribution in [0.15, 0.2) is 24.1 Å². The molecule has 0 atom stereocenters. The zero-order valence-electron chi connectivity index (χ0n) is 10.0. The van der Waals surface area contributed by atoms with Gasteiger partial charge in [-0.1, -0.05) is 0 Å². The number of hydrogen-bond donors (Lipinski definition) is 0. The summed E-state index contributed by atoms with van der Waals surface area (Å²) in [6.45, 7) is 4.07. The Morgan fingerprint density at radius 2 is 1.32 bits per heavy atom. The second-order valence-electron chi connectivity index (χ2n) is 4.04. The van der Waals surface area contributed by atoms with Gasteiger partial charge in [0.2, 0.25) is 0 Å². The van der Waals surface area contributed by atoms with E-state index in [9.17, 15) is 0 Å². The van der Waals surface area contributed by atoms with E-state index in [0.717, 1.165) is 28.5 Å². The lowest BCUT2D eigenvalue weighted by molar-refractivity contribution is 0.587. The number of nitrogens with zero attached hydrogens (tertiary/aromatic N) is 2. The van der Waals surface area contributed by atoms with Gasteiger partial charge in [0.15, 0.2) is 0 Å². The third kappa shape index (κ3) is 2.56. The van der Waals surface area contributed by atoms with Gasteiger partial charge in [-0.3, -0.25) is 0 Å². The molecular formula is C12H8Br2N2OS2. The van der Waals surface area contributed by atoms with Crippen molar-refractivity contribution in [3.05, 3.63) is 30.8 Å². The van der Waals surface area contributed by atoms with E-state index in [-0.39, 0.29) is 0 Å². The third-order valence-electron chi connectivity index (χ3n) is 2.59. The average Bonchev–Trinajstić information content (AvgIpc) is 2.99. The molecule has 0 fully saturated rings. The molecular weight excluding hydrogens is 412 g/mol. The molecule has 0 saturated carbocycles. The molecule has 3 rings (SSSR count). The molecule has 98 valence electrons. The fourth-order valence-corrected chi connectivity index (χ4v) is 5.02. The summed E-state index contributed by atoms with van der Waals surface area (Å²) in [5, 5.41) is 8.30. The molecule has 0 aromatic carbocycles. The molecule has 0 aliphatic carbocycles. The number of thiophene rings is 2. The van der Waals surface area contributed by atoms with Crippen molar-refractivity contribution in [2.24, 2.45) is 0 Å². The first-order valence-electron chi connectivity index (χ1n) is 5.40. The van der Waals surface area contributed by atoms with E-state index >= 15 is 0 Å². The summed E-state index contributed by atoms with van der Waals surface area (Å²) in [6, 6.07) is 4.10. The molecule has 7 heteroatoms. The summed E-state index contributed by atoms with van der Waals surface area (Å²) in [6.07, 6.45) is 0. The highest BCUT2D eigenvalue weighted by Crippen LogP contribution is 2.38. The van der Waals surface area contributed by atoms with E-state index in [2.05, 4.69) is 54.2 Å². The maximum absolute atomic E-state index is 5.80. The maximum atomic E-state index is 5.80. The van der Waals surface area contributed by atoms with Crippen LogP contribution in [0, 0.1) is 13.8 Å².